The minimum atomic E-state index is 0.505. The summed E-state index contributed by atoms with van der Waals surface area (Å²) in [6.45, 7) is 8.05. The Morgan fingerprint density at radius 2 is 1.96 bits per heavy atom. The van der Waals surface area contributed by atoms with Gasteiger partial charge in [-0.25, -0.2) is 4.98 Å². The van der Waals surface area contributed by atoms with Crippen molar-refractivity contribution in [2.24, 2.45) is 4.99 Å². The van der Waals surface area contributed by atoms with Gasteiger partial charge in [-0.15, -0.1) is 11.3 Å². The fourth-order valence-electron chi connectivity index (χ4n) is 2.12. The second-order valence-corrected chi connectivity index (χ2v) is 6.81. The fraction of sp³-hybridized carbons (Fsp3) is 0.444. The third-order valence-corrected chi connectivity index (χ3v) is 4.74. The molecule has 0 spiro atoms. The van der Waals surface area contributed by atoms with E-state index in [1.807, 2.05) is 0 Å². The molecule has 0 aliphatic rings. The second kappa shape index (κ2) is 8.67. The van der Waals surface area contributed by atoms with E-state index in [1.54, 1.807) is 18.4 Å². The number of aliphatic imine (C=N–C) groups is 1. The lowest BCUT2D eigenvalue weighted by Gasteiger charge is -2.11. The lowest BCUT2D eigenvalue weighted by Crippen LogP contribution is -2.37. The molecule has 0 fully saturated rings. The van der Waals surface area contributed by atoms with Gasteiger partial charge in [0.15, 0.2) is 5.96 Å². The molecule has 0 bridgehead atoms. The largest absolute Gasteiger partial charge is 0.356 e. The Kier molecular flexibility index (Phi) is 6.59. The molecule has 2 N–H and O–H groups in total. The molecule has 0 unspecified atom stereocenters. The van der Waals surface area contributed by atoms with Gasteiger partial charge in [0.1, 0.15) is 0 Å². The summed E-state index contributed by atoms with van der Waals surface area (Å²) in [5.41, 5.74) is 3.68. The van der Waals surface area contributed by atoms with Crippen LogP contribution < -0.4 is 10.6 Å². The van der Waals surface area contributed by atoms with Crippen LogP contribution in [0.2, 0.25) is 0 Å². The van der Waals surface area contributed by atoms with E-state index in [9.17, 15) is 0 Å². The van der Waals surface area contributed by atoms with Crippen molar-refractivity contribution in [3.63, 3.8) is 0 Å². The third-order valence-electron chi connectivity index (χ3n) is 3.54. The molecule has 2 aromatic rings. The minimum Gasteiger partial charge on any atom is -0.356 e. The highest BCUT2D eigenvalue weighted by molar-refractivity contribution is 7.09. The predicted octanol–water partition coefficient (Wildman–Crippen LogP) is 3.48. The smallest absolute Gasteiger partial charge is 0.191 e. The number of nitrogens with zero attached hydrogens (tertiary/aromatic N) is 2. The van der Waals surface area contributed by atoms with Crippen molar-refractivity contribution in [3.05, 3.63) is 51.5 Å². The Morgan fingerprint density at radius 1 is 1.22 bits per heavy atom. The highest BCUT2D eigenvalue weighted by atomic mass is 32.1. The summed E-state index contributed by atoms with van der Waals surface area (Å²) in [7, 11) is 1.80. The maximum Gasteiger partial charge on any atom is 0.191 e. The van der Waals surface area contributed by atoms with Crippen LogP contribution in [-0.4, -0.2) is 24.5 Å². The number of benzene rings is 1. The van der Waals surface area contributed by atoms with Gasteiger partial charge in [-0.3, -0.25) is 4.99 Å². The van der Waals surface area contributed by atoms with E-state index in [-0.39, 0.29) is 0 Å². The van der Waals surface area contributed by atoms with Crippen LogP contribution in [0.5, 0.6) is 0 Å². The van der Waals surface area contributed by atoms with Crippen molar-refractivity contribution in [2.45, 2.75) is 39.7 Å². The summed E-state index contributed by atoms with van der Waals surface area (Å²) >= 11 is 1.75. The zero-order chi connectivity index (χ0) is 16.7. The van der Waals surface area contributed by atoms with Crippen molar-refractivity contribution in [1.82, 2.24) is 15.6 Å². The van der Waals surface area contributed by atoms with E-state index >= 15 is 0 Å². The van der Waals surface area contributed by atoms with Crippen LogP contribution in [0.3, 0.4) is 0 Å². The highest BCUT2D eigenvalue weighted by Crippen LogP contribution is 2.19. The van der Waals surface area contributed by atoms with Crippen LogP contribution in [0.1, 0.15) is 41.6 Å². The minimum absolute atomic E-state index is 0.505. The lowest BCUT2D eigenvalue weighted by molar-refractivity contribution is 0.777. The summed E-state index contributed by atoms with van der Waals surface area (Å²) in [5.74, 6) is 1.33. The summed E-state index contributed by atoms with van der Waals surface area (Å²) in [6, 6.07) is 8.53. The average Bonchev–Trinajstić information content (AvgIpc) is 3.01. The van der Waals surface area contributed by atoms with Crippen LogP contribution in [0.4, 0.5) is 0 Å². The first-order valence-electron chi connectivity index (χ1n) is 8.03. The van der Waals surface area contributed by atoms with Gasteiger partial charge in [0.05, 0.1) is 10.7 Å². The van der Waals surface area contributed by atoms with Crippen molar-refractivity contribution >= 4 is 17.3 Å². The van der Waals surface area contributed by atoms with Gasteiger partial charge in [0.2, 0.25) is 0 Å². The van der Waals surface area contributed by atoms with Gasteiger partial charge >= 0.3 is 0 Å². The van der Waals surface area contributed by atoms with Crippen LogP contribution in [0, 0.1) is 6.92 Å². The Balaban J connectivity index is 1.75. The summed E-state index contributed by atoms with van der Waals surface area (Å²) in [5, 5.41) is 10.0. The molecule has 0 aliphatic heterocycles. The predicted molar refractivity (Wildman–Crippen MR) is 99.3 cm³/mol. The molecule has 4 nitrogen and oxygen atoms in total. The number of guanidine groups is 1. The number of thiazole rings is 1. The SMILES string of the molecule is CN=C(NCCc1csc(C(C)C)n1)NCc1ccc(C)cc1. The highest BCUT2D eigenvalue weighted by Gasteiger charge is 2.06. The monoisotopic (exact) mass is 330 g/mol. The summed E-state index contributed by atoms with van der Waals surface area (Å²) in [4.78, 5) is 8.91. The average molecular weight is 331 g/mol. The molecule has 1 aromatic carbocycles. The summed E-state index contributed by atoms with van der Waals surface area (Å²) < 4.78 is 0. The first kappa shape index (κ1) is 17.5. The first-order valence-corrected chi connectivity index (χ1v) is 8.91. The normalized spacial score (nSPS) is 11.8. The molecule has 5 heteroatoms. The van der Waals surface area contributed by atoms with Gasteiger partial charge in [0, 0.05) is 37.9 Å². The fourth-order valence-corrected chi connectivity index (χ4v) is 2.99. The molecular weight excluding hydrogens is 304 g/mol. The first-order chi connectivity index (χ1) is 11.1. The van der Waals surface area contributed by atoms with E-state index in [2.05, 4.69) is 71.0 Å². The third kappa shape index (κ3) is 5.67. The van der Waals surface area contributed by atoms with Gasteiger partial charge in [-0.2, -0.15) is 0 Å². The Bertz CT molecular complexity index is 629. The van der Waals surface area contributed by atoms with Crippen molar-refractivity contribution < 1.29 is 0 Å². The topological polar surface area (TPSA) is 49.3 Å². The van der Waals surface area contributed by atoms with Gasteiger partial charge in [0.25, 0.3) is 0 Å². The zero-order valence-corrected chi connectivity index (χ0v) is 15.2. The molecule has 1 heterocycles. The second-order valence-electron chi connectivity index (χ2n) is 5.92. The molecule has 0 saturated carbocycles. The molecule has 0 saturated heterocycles. The van der Waals surface area contributed by atoms with Crippen LogP contribution in [0.25, 0.3) is 0 Å². The van der Waals surface area contributed by atoms with Crippen LogP contribution in [0.15, 0.2) is 34.6 Å². The van der Waals surface area contributed by atoms with Gasteiger partial charge in [-0.05, 0) is 12.5 Å². The quantitative estimate of drug-likeness (QED) is 0.630. The van der Waals surface area contributed by atoms with E-state index in [1.165, 1.54) is 16.1 Å². The number of aryl methyl sites for hydroxylation is 1. The van der Waals surface area contributed by atoms with Crippen molar-refractivity contribution in [1.29, 1.82) is 0 Å². The molecule has 0 amide bonds. The van der Waals surface area contributed by atoms with Crippen molar-refractivity contribution in [2.75, 3.05) is 13.6 Å². The molecule has 0 atom stereocenters. The number of rotatable bonds is 6. The van der Waals surface area contributed by atoms with E-state index in [4.69, 9.17) is 0 Å². The number of nitrogens with one attached hydrogen (secondary N) is 2. The lowest BCUT2D eigenvalue weighted by atomic mass is 10.1. The van der Waals surface area contributed by atoms with Crippen LogP contribution in [-0.2, 0) is 13.0 Å². The van der Waals surface area contributed by atoms with E-state index < -0.39 is 0 Å². The molecular formula is C18H26N4S. The molecule has 0 aliphatic carbocycles. The zero-order valence-electron chi connectivity index (χ0n) is 14.4. The number of hydrogen-bond acceptors (Lipinski definition) is 3. The van der Waals surface area contributed by atoms with Crippen molar-refractivity contribution in [3.8, 4) is 0 Å². The maximum atomic E-state index is 4.65. The molecule has 23 heavy (non-hydrogen) atoms. The molecule has 2 rings (SSSR count). The van der Waals surface area contributed by atoms with Gasteiger partial charge in [-0.1, -0.05) is 43.7 Å². The van der Waals surface area contributed by atoms with E-state index in [0.717, 1.165) is 31.2 Å². The van der Waals surface area contributed by atoms with Gasteiger partial charge < -0.3 is 10.6 Å². The maximum absolute atomic E-state index is 4.65. The van der Waals surface area contributed by atoms with E-state index in [0.29, 0.717) is 5.92 Å². The Labute approximate surface area is 143 Å². The summed E-state index contributed by atoms with van der Waals surface area (Å²) in [6.07, 6.45) is 0.911. The Hall–Kier alpha value is -1.88. The number of aromatic nitrogens is 1. The van der Waals surface area contributed by atoms with Crippen LogP contribution >= 0.6 is 11.3 Å². The molecule has 0 radical (unpaired) electrons. The standard InChI is InChI=1S/C18H26N4S/c1-13(2)17-22-16(12-23-17)9-10-20-18(19-4)21-11-15-7-5-14(3)6-8-15/h5-8,12-13H,9-11H2,1-4H3,(H2,19,20,21). The molecule has 1 aromatic heterocycles. The Morgan fingerprint density at radius 3 is 2.57 bits per heavy atom. The molecule has 124 valence electrons. The number of hydrogen-bond donors (Lipinski definition) is 2.